The highest BCUT2D eigenvalue weighted by Gasteiger charge is 2.16. The predicted octanol–water partition coefficient (Wildman–Crippen LogP) is 4.57. The minimum absolute atomic E-state index is 0.281. The number of carbonyl (C=O) groups excluding carboxylic acids is 1. The molecule has 0 atom stereocenters. The number of benzene rings is 1. The van der Waals surface area contributed by atoms with Gasteiger partial charge in [-0.05, 0) is 60.5 Å². The van der Waals surface area contributed by atoms with Crippen molar-refractivity contribution in [1.29, 1.82) is 0 Å². The Morgan fingerprint density at radius 3 is 2.77 bits per heavy atom. The molecular formula is C23H21FN4O2. The Morgan fingerprint density at radius 1 is 1.13 bits per heavy atom. The third-order valence-electron chi connectivity index (χ3n) is 4.64. The van der Waals surface area contributed by atoms with E-state index in [2.05, 4.69) is 10.3 Å². The minimum atomic E-state index is -0.284. The number of fused-ring (bicyclic) bond motifs is 1. The zero-order valence-electron chi connectivity index (χ0n) is 16.5. The number of pyridine rings is 2. The molecule has 0 saturated carbocycles. The largest absolute Gasteiger partial charge is 0.466 e. The van der Waals surface area contributed by atoms with E-state index in [1.165, 1.54) is 19.1 Å². The normalized spacial score (nSPS) is 10.9. The van der Waals surface area contributed by atoms with E-state index in [1.54, 1.807) is 18.3 Å². The number of hydrogen-bond donors (Lipinski definition) is 1. The molecule has 0 bridgehead atoms. The summed E-state index contributed by atoms with van der Waals surface area (Å²) in [6, 6.07) is 16.1. The molecule has 0 unspecified atom stereocenters. The SMILES string of the molecule is CC(=O)OCCCNc1cc(-c2c(-c3ccc(F)cc3)nn3ccccc23)ccn1. The summed E-state index contributed by atoms with van der Waals surface area (Å²) in [6.45, 7) is 2.39. The summed E-state index contributed by atoms with van der Waals surface area (Å²) in [6.07, 6.45) is 4.31. The first-order chi connectivity index (χ1) is 14.6. The number of anilines is 1. The van der Waals surface area contributed by atoms with Gasteiger partial charge in [0.2, 0.25) is 0 Å². The van der Waals surface area contributed by atoms with Crippen LogP contribution in [0.3, 0.4) is 0 Å². The molecule has 152 valence electrons. The van der Waals surface area contributed by atoms with E-state index >= 15 is 0 Å². The molecule has 30 heavy (non-hydrogen) atoms. The number of halogens is 1. The fourth-order valence-corrected chi connectivity index (χ4v) is 3.28. The van der Waals surface area contributed by atoms with Gasteiger partial charge in [-0.3, -0.25) is 4.79 Å². The van der Waals surface area contributed by atoms with Gasteiger partial charge in [0.15, 0.2) is 0 Å². The summed E-state index contributed by atoms with van der Waals surface area (Å²) >= 11 is 0. The quantitative estimate of drug-likeness (QED) is 0.361. The second-order valence-electron chi connectivity index (χ2n) is 6.81. The number of carbonyl (C=O) groups is 1. The smallest absolute Gasteiger partial charge is 0.302 e. The van der Waals surface area contributed by atoms with Crippen molar-refractivity contribution in [3.05, 3.63) is 72.8 Å². The lowest BCUT2D eigenvalue weighted by atomic mass is 10.0. The second kappa shape index (κ2) is 8.73. The summed E-state index contributed by atoms with van der Waals surface area (Å²) in [4.78, 5) is 15.2. The van der Waals surface area contributed by atoms with Gasteiger partial charge in [0.05, 0.1) is 12.1 Å². The van der Waals surface area contributed by atoms with Crippen LogP contribution in [0, 0.1) is 5.82 Å². The molecule has 4 rings (SSSR count). The van der Waals surface area contributed by atoms with Gasteiger partial charge in [-0.25, -0.2) is 13.9 Å². The van der Waals surface area contributed by atoms with Crippen LogP contribution < -0.4 is 5.32 Å². The van der Waals surface area contributed by atoms with Crippen LogP contribution in [-0.4, -0.2) is 33.7 Å². The van der Waals surface area contributed by atoms with Crippen LogP contribution in [0.1, 0.15) is 13.3 Å². The summed E-state index contributed by atoms with van der Waals surface area (Å²) in [5.41, 5.74) is 4.46. The standard InChI is InChI=1S/C23H21FN4O2/c1-16(29)30-14-4-11-25-21-15-18(10-12-26-21)22-20-5-2-3-13-28(20)27-23(22)17-6-8-19(24)9-7-17/h2-3,5-10,12-13,15H,4,11,14H2,1H3,(H,25,26). The Balaban J connectivity index is 1.66. The van der Waals surface area contributed by atoms with Gasteiger partial charge < -0.3 is 10.1 Å². The fourth-order valence-electron chi connectivity index (χ4n) is 3.28. The maximum absolute atomic E-state index is 13.4. The molecule has 7 heteroatoms. The Morgan fingerprint density at radius 2 is 1.97 bits per heavy atom. The van der Waals surface area contributed by atoms with E-state index in [-0.39, 0.29) is 11.8 Å². The molecule has 0 spiro atoms. The van der Waals surface area contributed by atoms with E-state index in [0.717, 1.165) is 33.7 Å². The molecular weight excluding hydrogens is 383 g/mol. The van der Waals surface area contributed by atoms with Crippen LogP contribution >= 0.6 is 0 Å². The molecule has 0 saturated heterocycles. The maximum atomic E-state index is 13.4. The zero-order valence-corrected chi connectivity index (χ0v) is 16.5. The van der Waals surface area contributed by atoms with Gasteiger partial charge in [-0.1, -0.05) is 6.07 Å². The van der Waals surface area contributed by atoms with Gasteiger partial charge in [0.1, 0.15) is 17.3 Å². The molecule has 0 aliphatic carbocycles. The first kappa shape index (κ1) is 19.6. The van der Waals surface area contributed by atoms with Crippen LogP contribution in [0.2, 0.25) is 0 Å². The lowest BCUT2D eigenvalue weighted by molar-refractivity contribution is -0.140. The third-order valence-corrected chi connectivity index (χ3v) is 4.64. The van der Waals surface area contributed by atoms with Gasteiger partial charge in [-0.2, -0.15) is 5.10 Å². The van der Waals surface area contributed by atoms with E-state index in [9.17, 15) is 9.18 Å². The molecule has 0 aliphatic rings. The van der Waals surface area contributed by atoms with Crippen LogP contribution in [0.5, 0.6) is 0 Å². The van der Waals surface area contributed by atoms with Gasteiger partial charge in [0, 0.05) is 37.0 Å². The average molecular weight is 404 g/mol. The van der Waals surface area contributed by atoms with E-state index in [0.29, 0.717) is 19.6 Å². The molecule has 0 fully saturated rings. The second-order valence-corrected chi connectivity index (χ2v) is 6.81. The maximum Gasteiger partial charge on any atom is 0.302 e. The summed E-state index contributed by atoms with van der Waals surface area (Å²) < 4.78 is 20.2. The summed E-state index contributed by atoms with van der Waals surface area (Å²) in [5.74, 6) is 0.153. The van der Waals surface area contributed by atoms with Crippen molar-refractivity contribution in [2.24, 2.45) is 0 Å². The number of esters is 1. The van der Waals surface area contributed by atoms with Gasteiger partial charge in [0.25, 0.3) is 0 Å². The van der Waals surface area contributed by atoms with Crippen LogP contribution in [0.4, 0.5) is 10.2 Å². The summed E-state index contributed by atoms with van der Waals surface area (Å²) in [5, 5.41) is 7.98. The third kappa shape index (κ3) is 4.30. The van der Waals surface area contributed by atoms with Gasteiger partial charge in [-0.15, -0.1) is 0 Å². The van der Waals surface area contributed by atoms with Crippen LogP contribution in [0.15, 0.2) is 67.0 Å². The van der Waals surface area contributed by atoms with E-state index in [1.807, 2.05) is 41.0 Å². The van der Waals surface area contributed by atoms with Crippen LogP contribution in [0.25, 0.3) is 27.9 Å². The van der Waals surface area contributed by atoms with Crippen molar-refractivity contribution < 1.29 is 13.9 Å². The minimum Gasteiger partial charge on any atom is -0.466 e. The van der Waals surface area contributed by atoms with Crippen molar-refractivity contribution in [3.63, 3.8) is 0 Å². The number of aromatic nitrogens is 3. The topological polar surface area (TPSA) is 68.5 Å². The molecule has 0 aliphatic heterocycles. The monoisotopic (exact) mass is 404 g/mol. The van der Waals surface area contributed by atoms with Crippen molar-refractivity contribution in [1.82, 2.24) is 14.6 Å². The van der Waals surface area contributed by atoms with Crippen molar-refractivity contribution in [2.75, 3.05) is 18.5 Å². The van der Waals surface area contributed by atoms with E-state index in [4.69, 9.17) is 9.84 Å². The molecule has 1 aromatic carbocycles. The highest BCUT2D eigenvalue weighted by molar-refractivity contribution is 5.92. The van der Waals surface area contributed by atoms with Crippen molar-refractivity contribution in [2.45, 2.75) is 13.3 Å². The molecule has 4 aromatic rings. The molecule has 6 nitrogen and oxygen atoms in total. The Bertz CT molecular complexity index is 1170. The highest BCUT2D eigenvalue weighted by Crippen LogP contribution is 2.35. The number of rotatable bonds is 7. The molecule has 3 heterocycles. The zero-order chi connectivity index (χ0) is 20.9. The molecule has 0 radical (unpaired) electrons. The lowest BCUT2D eigenvalue weighted by Crippen LogP contribution is -2.08. The van der Waals surface area contributed by atoms with Crippen molar-refractivity contribution >= 4 is 17.3 Å². The average Bonchev–Trinajstić information content (AvgIpc) is 3.13. The molecule has 3 aromatic heterocycles. The molecule has 0 amide bonds. The Hall–Kier alpha value is -3.74. The number of ether oxygens (including phenoxy) is 1. The number of nitrogens with one attached hydrogen (secondary N) is 1. The Kier molecular flexibility index (Phi) is 5.70. The van der Waals surface area contributed by atoms with Crippen LogP contribution in [-0.2, 0) is 9.53 Å². The summed E-state index contributed by atoms with van der Waals surface area (Å²) in [7, 11) is 0. The highest BCUT2D eigenvalue weighted by atomic mass is 19.1. The first-order valence-corrected chi connectivity index (χ1v) is 9.69. The fraction of sp³-hybridized carbons (Fsp3) is 0.174. The first-order valence-electron chi connectivity index (χ1n) is 9.69. The Labute approximate surface area is 173 Å². The van der Waals surface area contributed by atoms with Gasteiger partial charge >= 0.3 is 5.97 Å². The predicted molar refractivity (Wildman–Crippen MR) is 114 cm³/mol. The lowest BCUT2D eigenvalue weighted by Gasteiger charge is -2.09. The van der Waals surface area contributed by atoms with Crippen molar-refractivity contribution in [3.8, 4) is 22.4 Å². The number of hydrogen-bond acceptors (Lipinski definition) is 5. The van der Waals surface area contributed by atoms with E-state index < -0.39 is 0 Å². The molecule has 1 N–H and O–H groups in total. The number of nitrogens with zero attached hydrogens (tertiary/aromatic N) is 3.